The fourth-order valence-electron chi connectivity index (χ4n) is 0.661. The molecule has 0 saturated carbocycles. The maximum Gasteiger partial charge on any atom is 0.237 e. The zero-order chi connectivity index (χ0) is 9.78. The smallest absolute Gasteiger partial charge is 0.237 e. The Hall–Kier alpha value is -0.570. The van der Waals surface area contributed by atoms with E-state index in [0.717, 1.165) is 6.42 Å². The van der Waals surface area contributed by atoms with Gasteiger partial charge in [-0.2, -0.15) is 0 Å². The molecule has 0 radical (unpaired) electrons. The van der Waals surface area contributed by atoms with E-state index in [1.807, 2.05) is 20.8 Å². The van der Waals surface area contributed by atoms with Crippen molar-refractivity contribution in [2.24, 2.45) is 0 Å². The molecule has 0 bridgehead atoms. The first-order valence-corrected chi connectivity index (χ1v) is 4.42. The Morgan fingerprint density at radius 2 is 2.00 bits per heavy atom. The van der Waals surface area contributed by atoms with Gasteiger partial charge in [0.05, 0.1) is 6.04 Å². The number of likely N-dealkylation sites (N-methyl/N-ethyl adjacent to an activating group) is 1. The van der Waals surface area contributed by atoms with Crippen molar-refractivity contribution in [3.05, 3.63) is 0 Å². The van der Waals surface area contributed by atoms with E-state index in [0.29, 0.717) is 0 Å². The fourth-order valence-corrected chi connectivity index (χ4v) is 0.661. The van der Waals surface area contributed by atoms with Crippen LogP contribution in [0.25, 0.3) is 0 Å². The van der Waals surface area contributed by atoms with Crippen molar-refractivity contribution >= 4 is 5.91 Å². The molecule has 3 heteroatoms. The van der Waals surface area contributed by atoms with Crippen LogP contribution in [0.3, 0.4) is 0 Å². The van der Waals surface area contributed by atoms with E-state index in [-0.39, 0.29) is 17.5 Å². The van der Waals surface area contributed by atoms with Crippen LogP contribution in [0, 0.1) is 0 Å². The van der Waals surface area contributed by atoms with Crippen LogP contribution in [-0.4, -0.2) is 24.5 Å². The molecule has 0 aliphatic rings. The van der Waals surface area contributed by atoms with Crippen LogP contribution in [0.15, 0.2) is 0 Å². The van der Waals surface area contributed by atoms with E-state index >= 15 is 0 Å². The molecule has 3 nitrogen and oxygen atoms in total. The highest BCUT2D eigenvalue weighted by Gasteiger charge is 2.20. The first-order valence-electron chi connectivity index (χ1n) is 4.42. The van der Waals surface area contributed by atoms with Crippen molar-refractivity contribution in [2.75, 3.05) is 7.05 Å². The SMILES string of the molecule is CCC(C)(C)NC(=O)C(C)NC. The monoisotopic (exact) mass is 172 g/mol. The predicted octanol–water partition coefficient (Wildman–Crippen LogP) is 0.899. The van der Waals surface area contributed by atoms with Crippen molar-refractivity contribution in [3.8, 4) is 0 Å². The van der Waals surface area contributed by atoms with Crippen molar-refractivity contribution in [2.45, 2.75) is 45.7 Å². The molecule has 0 heterocycles. The van der Waals surface area contributed by atoms with Crippen LogP contribution in [0.2, 0.25) is 0 Å². The van der Waals surface area contributed by atoms with Crippen LogP contribution in [-0.2, 0) is 4.79 Å². The van der Waals surface area contributed by atoms with Gasteiger partial charge >= 0.3 is 0 Å². The van der Waals surface area contributed by atoms with Crippen molar-refractivity contribution < 1.29 is 4.79 Å². The first-order chi connectivity index (χ1) is 5.43. The molecule has 0 spiro atoms. The topological polar surface area (TPSA) is 41.1 Å². The summed E-state index contributed by atoms with van der Waals surface area (Å²) in [5.74, 6) is 0.0596. The van der Waals surface area contributed by atoms with Gasteiger partial charge < -0.3 is 10.6 Å². The summed E-state index contributed by atoms with van der Waals surface area (Å²) in [7, 11) is 1.78. The van der Waals surface area contributed by atoms with E-state index in [9.17, 15) is 4.79 Å². The summed E-state index contributed by atoms with van der Waals surface area (Å²) >= 11 is 0. The molecule has 72 valence electrons. The second-order valence-electron chi connectivity index (χ2n) is 3.74. The zero-order valence-electron chi connectivity index (χ0n) is 8.69. The molecule has 0 saturated heterocycles. The number of amides is 1. The quantitative estimate of drug-likeness (QED) is 0.661. The molecule has 0 aliphatic heterocycles. The second kappa shape index (κ2) is 4.45. The third kappa shape index (κ3) is 3.72. The minimum absolute atomic E-state index is 0.0596. The Kier molecular flexibility index (Phi) is 4.24. The molecule has 1 unspecified atom stereocenters. The predicted molar refractivity (Wildman–Crippen MR) is 51.0 cm³/mol. The number of rotatable bonds is 4. The van der Waals surface area contributed by atoms with Gasteiger partial charge in [0.25, 0.3) is 0 Å². The summed E-state index contributed by atoms with van der Waals surface area (Å²) < 4.78 is 0. The summed E-state index contributed by atoms with van der Waals surface area (Å²) in [4.78, 5) is 11.4. The van der Waals surface area contributed by atoms with E-state index < -0.39 is 0 Å². The van der Waals surface area contributed by atoms with Gasteiger partial charge in [0.2, 0.25) is 5.91 Å². The second-order valence-corrected chi connectivity index (χ2v) is 3.74. The summed E-state index contributed by atoms with van der Waals surface area (Å²) in [6.45, 7) is 7.95. The van der Waals surface area contributed by atoms with Gasteiger partial charge in [-0.05, 0) is 34.2 Å². The number of hydrogen-bond donors (Lipinski definition) is 2. The highest BCUT2D eigenvalue weighted by molar-refractivity contribution is 5.81. The molecule has 0 aromatic heterocycles. The molecule has 1 amide bonds. The lowest BCUT2D eigenvalue weighted by molar-refractivity contribution is -0.124. The van der Waals surface area contributed by atoms with E-state index in [1.54, 1.807) is 7.05 Å². The molecule has 2 N–H and O–H groups in total. The van der Waals surface area contributed by atoms with Gasteiger partial charge in [0, 0.05) is 5.54 Å². The molecule has 0 fully saturated rings. The lowest BCUT2D eigenvalue weighted by Crippen LogP contribution is -2.49. The Morgan fingerprint density at radius 3 is 2.33 bits per heavy atom. The van der Waals surface area contributed by atoms with Gasteiger partial charge in [0.15, 0.2) is 0 Å². The summed E-state index contributed by atoms with van der Waals surface area (Å²) in [5, 5.41) is 5.85. The lowest BCUT2D eigenvalue weighted by Gasteiger charge is -2.26. The third-order valence-corrected chi connectivity index (χ3v) is 2.17. The summed E-state index contributed by atoms with van der Waals surface area (Å²) in [5.41, 5.74) is -0.0950. The Balaban J connectivity index is 4.00. The normalized spacial score (nSPS) is 14.1. The van der Waals surface area contributed by atoms with Gasteiger partial charge in [-0.25, -0.2) is 0 Å². The molecule has 0 rings (SSSR count). The average Bonchev–Trinajstić information content (AvgIpc) is 2.02. The Morgan fingerprint density at radius 1 is 1.50 bits per heavy atom. The highest BCUT2D eigenvalue weighted by atomic mass is 16.2. The average molecular weight is 172 g/mol. The standard InChI is InChI=1S/C9H20N2O/c1-6-9(3,4)11-8(12)7(2)10-5/h7,10H,6H2,1-5H3,(H,11,12). The van der Waals surface area contributed by atoms with Crippen LogP contribution in [0.5, 0.6) is 0 Å². The van der Waals surface area contributed by atoms with E-state index in [4.69, 9.17) is 0 Å². The Labute approximate surface area is 74.9 Å². The van der Waals surface area contributed by atoms with Crippen molar-refractivity contribution in [1.29, 1.82) is 0 Å². The summed E-state index contributed by atoms with van der Waals surface area (Å²) in [6, 6.07) is -0.115. The van der Waals surface area contributed by atoms with Gasteiger partial charge in [-0.1, -0.05) is 6.92 Å². The van der Waals surface area contributed by atoms with Crippen LogP contribution < -0.4 is 10.6 Å². The first kappa shape index (κ1) is 11.4. The molecule has 0 aromatic rings. The fraction of sp³-hybridized carbons (Fsp3) is 0.889. The molecule has 0 aromatic carbocycles. The minimum Gasteiger partial charge on any atom is -0.350 e. The maximum absolute atomic E-state index is 11.4. The number of carbonyl (C=O) groups is 1. The molecular weight excluding hydrogens is 152 g/mol. The van der Waals surface area contributed by atoms with Gasteiger partial charge in [0.1, 0.15) is 0 Å². The third-order valence-electron chi connectivity index (χ3n) is 2.17. The molecule has 0 aliphatic carbocycles. The molecule has 1 atom stereocenters. The van der Waals surface area contributed by atoms with E-state index in [1.165, 1.54) is 0 Å². The van der Waals surface area contributed by atoms with E-state index in [2.05, 4.69) is 17.6 Å². The number of carbonyl (C=O) groups excluding carboxylic acids is 1. The highest BCUT2D eigenvalue weighted by Crippen LogP contribution is 2.06. The largest absolute Gasteiger partial charge is 0.350 e. The van der Waals surface area contributed by atoms with Gasteiger partial charge in [-0.3, -0.25) is 4.79 Å². The maximum atomic E-state index is 11.4. The number of nitrogens with one attached hydrogen (secondary N) is 2. The zero-order valence-corrected chi connectivity index (χ0v) is 8.69. The van der Waals surface area contributed by atoms with Crippen LogP contribution >= 0.6 is 0 Å². The number of hydrogen-bond acceptors (Lipinski definition) is 2. The molecule has 12 heavy (non-hydrogen) atoms. The van der Waals surface area contributed by atoms with Crippen molar-refractivity contribution in [1.82, 2.24) is 10.6 Å². The Bertz CT molecular complexity index is 155. The van der Waals surface area contributed by atoms with Crippen LogP contribution in [0.1, 0.15) is 34.1 Å². The molecular formula is C9H20N2O. The van der Waals surface area contributed by atoms with Crippen molar-refractivity contribution in [3.63, 3.8) is 0 Å². The van der Waals surface area contributed by atoms with Gasteiger partial charge in [-0.15, -0.1) is 0 Å². The summed E-state index contributed by atoms with van der Waals surface area (Å²) in [6.07, 6.45) is 0.940. The lowest BCUT2D eigenvalue weighted by atomic mass is 10.0. The van der Waals surface area contributed by atoms with Crippen LogP contribution in [0.4, 0.5) is 0 Å². The minimum atomic E-state index is -0.115.